The van der Waals surface area contributed by atoms with Crippen molar-refractivity contribution in [2.45, 2.75) is 23.6 Å². The highest BCUT2D eigenvalue weighted by Crippen LogP contribution is 2.52. The number of halogens is 1. The Balaban J connectivity index is 2.41. The summed E-state index contributed by atoms with van der Waals surface area (Å²) in [5.41, 5.74) is 8.32. The molecule has 2 rings (SSSR count). The van der Waals surface area contributed by atoms with Crippen LogP contribution in [0.25, 0.3) is 6.08 Å². The maximum atomic E-state index is 10.8. The fourth-order valence-electron chi connectivity index (χ4n) is 2.05. The van der Waals surface area contributed by atoms with Gasteiger partial charge in [0.25, 0.3) is 0 Å². The van der Waals surface area contributed by atoms with Crippen LogP contribution in [0.4, 0.5) is 5.69 Å². The number of anilines is 1. The third-order valence-corrected chi connectivity index (χ3v) is 3.84. The van der Waals surface area contributed by atoms with Crippen LogP contribution in [0.2, 0.25) is 0 Å². The second-order valence-electron chi connectivity index (χ2n) is 4.24. The van der Waals surface area contributed by atoms with E-state index in [1.807, 2.05) is 18.2 Å². The predicted octanol–water partition coefficient (Wildman–Crippen LogP) is 2.75. The third-order valence-electron chi connectivity index (χ3n) is 3.32. The molecular formula is C13H14ClNO. The molecule has 84 valence electrons. The first kappa shape index (κ1) is 11.2. The minimum absolute atomic E-state index is 0.172. The van der Waals surface area contributed by atoms with Crippen molar-refractivity contribution in [1.29, 1.82) is 0 Å². The van der Waals surface area contributed by atoms with Gasteiger partial charge in [0.1, 0.15) is 6.29 Å². The molecule has 0 bridgehead atoms. The SMILES string of the molecule is C=Cc1cc(C2(C(Cl)C=O)CC2)ccc1N. The number of hydrogen-bond donors (Lipinski definition) is 1. The van der Waals surface area contributed by atoms with E-state index in [9.17, 15) is 4.79 Å². The lowest BCUT2D eigenvalue weighted by Gasteiger charge is -2.18. The quantitative estimate of drug-likeness (QED) is 0.495. The van der Waals surface area contributed by atoms with E-state index in [2.05, 4.69) is 6.58 Å². The number of alkyl halides is 1. The van der Waals surface area contributed by atoms with Crippen molar-refractivity contribution in [1.82, 2.24) is 0 Å². The molecule has 2 N–H and O–H groups in total. The minimum atomic E-state index is -0.450. The zero-order valence-corrected chi connectivity index (χ0v) is 9.70. The van der Waals surface area contributed by atoms with Crippen LogP contribution < -0.4 is 5.73 Å². The summed E-state index contributed by atoms with van der Waals surface area (Å²) in [7, 11) is 0. The highest BCUT2D eigenvalue weighted by atomic mass is 35.5. The first-order valence-electron chi connectivity index (χ1n) is 5.26. The van der Waals surface area contributed by atoms with Crippen LogP contribution in [0.3, 0.4) is 0 Å². The third kappa shape index (κ3) is 1.63. The number of hydrogen-bond acceptors (Lipinski definition) is 2. The maximum Gasteiger partial charge on any atom is 0.138 e. The summed E-state index contributed by atoms with van der Waals surface area (Å²) in [5, 5.41) is -0.450. The van der Waals surface area contributed by atoms with Gasteiger partial charge < -0.3 is 10.5 Å². The van der Waals surface area contributed by atoms with Gasteiger partial charge in [-0.05, 0) is 36.1 Å². The molecule has 0 saturated heterocycles. The molecule has 0 radical (unpaired) electrons. The Kier molecular flexibility index (Phi) is 2.76. The molecule has 2 nitrogen and oxygen atoms in total. The number of benzene rings is 1. The first-order valence-corrected chi connectivity index (χ1v) is 5.69. The molecule has 1 aliphatic rings. The number of nitrogen functional groups attached to an aromatic ring is 1. The molecule has 0 aromatic heterocycles. The van der Waals surface area contributed by atoms with Crippen LogP contribution in [0.5, 0.6) is 0 Å². The molecule has 1 fully saturated rings. The van der Waals surface area contributed by atoms with Gasteiger partial charge in [0.05, 0.1) is 5.38 Å². The highest BCUT2D eigenvalue weighted by molar-refractivity contribution is 6.29. The molecule has 0 heterocycles. The Bertz CT molecular complexity index is 438. The van der Waals surface area contributed by atoms with Crippen molar-refractivity contribution in [3.8, 4) is 0 Å². The Hall–Kier alpha value is -1.28. The van der Waals surface area contributed by atoms with E-state index in [1.54, 1.807) is 6.08 Å². The molecule has 3 heteroatoms. The van der Waals surface area contributed by atoms with E-state index < -0.39 is 5.38 Å². The summed E-state index contributed by atoms with van der Waals surface area (Å²) in [5.74, 6) is 0. The van der Waals surface area contributed by atoms with Crippen molar-refractivity contribution in [2.75, 3.05) is 5.73 Å². The summed E-state index contributed by atoms with van der Waals surface area (Å²) in [6.07, 6.45) is 4.46. The molecule has 16 heavy (non-hydrogen) atoms. The monoisotopic (exact) mass is 235 g/mol. The first-order chi connectivity index (χ1) is 7.64. The number of aldehydes is 1. The largest absolute Gasteiger partial charge is 0.398 e. The lowest BCUT2D eigenvalue weighted by Crippen LogP contribution is -2.22. The number of carbonyl (C=O) groups is 1. The van der Waals surface area contributed by atoms with Crippen molar-refractivity contribution in [3.05, 3.63) is 35.9 Å². The van der Waals surface area contributed by atoms with Crippen molar-refractivity contribution < 1.29 is 4.79 Å². The van der Waals surface area contributed by atoms with E-state index in [-0.39, 0.29) is 5.41 Å². The molecule has 1 saturated carbocycles. The van der Waals surface area contributed by atoms with Crippen LogP contribution >= 0.6 is 11.6 Å². The van der Waals surface area contributed by atoms with Crippen LogP contribution in [-0.4, -0.2) is 11.7 Å². The lowest BCUT2D eigenvalue weighted by molar-refractivity contribution is -0.108. The van der Waals surface area contributed by atoms with Crippen molar-refractivity contribution >= 4 is 29.7 Å². The maximum absolute atomic E-state index is 10.8. The van der Waals surface area contributed by atoms with Gasteiger partial charge in [-0.1, -0.05) is 18.7 Å². The summed E-state index contributed by atoms with van der Waals surface area (Å²) >= 11 is 6.06. The van der Waals surface area contributed by atoms with Crippen LogP contribution in [-0.2, 0) is 10.2 Å². The lowest BCUT2D eigenvalue weighted by atomic mass is 9.91. The summed E-state index contributed by atoms with van der Waals surface area (Å²) in [4.78, 5) is 10.8. The Morgan fingerprint density at radius 3 is 2.69 bits per heavy atom. The molecule has 1 aromatic carbocycles. The molecule has 0 amide bonds. The van der Waals surface area contributed by atoms with Crippen LogP contribution in [0, 0.1) is 0 Å². The Labute approximate surface area is 100 Å². The Morgan fingerprint density at radius 2 is 2.19 bits per heavy atom. The second-order valence-corrected chi connectivity index (χ2v) is 4.71. The predicted molar refractivity (Wildman–Crippen MR) is 67.6 cm³/mol. The van der Waals surface area contributed by atoms with Gasteiger partial charge in [0, 0.05) is 11.1 Å². The van der Waals surface area contributed by atoms with E-state index in [1.165, 1.54) is 0 Å². The molecule has 0 aliphatic heterocycles. The topological polar surface area (TPSA) is 43.1 Å². The van der Waals surface area contributed by atoms with E-state index in [4.69, 9.17) is 17.3 Å². The minimum Gasteiger partial charge on any atom is -0.398 e. The zero-order valence-electron chi connectivity index (χ0n) is 8.95. The van der Waals surface area contributed by atoms with Crippen LogP contribution in [0.1, 0.15) is 24.0 Å². The summed E-state index contributed by atoms with van der Waals surface area (Å²) in [6, 6.07) is 5.78. The number of rotatable bonds is 4. The van der Waals surface area contributed by atoms with Crippen LogP contribution in [0.15, 0.2) is 24.8 Å². The average molecular weight is 236 g/mol. The fraction of sp³-hybridized carbons (Fsp3) is 0.308. The summed E-state index contributed by atoms with van der Waals surface area (Å²) in [6.45, 7) is 3.72. The van der Waals surface area contributed by atoms with Gasteiger partial charge >= 0.3 is 0 Å². The van der Waals surface area contributed by atoms with Crippen molar-refractivity contribution in [2.24, 2.45) is 0 Å². The van der Waals surface area contributed by atoms with Gasteiger partial charge in [-0.2, -0.15) is 0 Å². The molecule has 1 aliphatic carbocycles. The Morgan fingerprint density at radius 1 is 1.50 bits per heavy atom. The van der Waals surface area contributed by atoms with Crippen molar-refractivity contribution in [3.63, 3.8) is 0 Å². The molecule has 1 atom stereocenters. The van der Waals surface area contributed by atoms with E-state index in [0.717, 1.165) is 30.3 Å². The highest BCUT2D eigenvalue weighted by Gasteiger charge is 2.50. The smallest absolute Gasteiger partial charge is 0.138 e. The zero-order chi connectivity index (χ0) is 11.8. The van der Waals surface area contributed by atoms with E-state index in [0.29, 0.717) is 5.69 Å². The normalized spacial score (nSPS) is 18.8. The van der Waals surface area contributed by atoms with Gasteiger partial charge in [-0.25, -0.2) is 0 Å². The van der Waals surface area contributed by atoms with Gasteiger partial charge in [-0.15, -0.1) is 11.6 Å². The summed E-state index contributed by atoms with van der Waals surface area (Å²) < 4.78 is 0. The average Bonchev–Trinajstić information content (AvgIpc) is 3.10. The van der Waals surface area contributed by atoms with Gasteiger partial charge in [-0.3, -0.25) is 0 Å². The fourth-order valence-corrected chi connectivity index (χ4v) is 2.39. The molecular weight excluding hydrogens is 222 g/mol. The molecule has 1 aromatic rings. The van der Waals surface area contributed by atoms with E-state index >= 15 is 0 Å². The van der Waals surface area contributed by atoms with Gasteiger partial charge in [0.15, 0.2) is 0 Å². The van der Waals surface area contributed by atoms with Gasteiger partial charge in [0.2, 0.25) is 0 Å². The number of carbonyl (C=O) groups excluding carboxylic acids is 1. The number of nitrogens with two attached hydrogens (primary N) is 1. The second kappa shape index (κ2) is 3.95. The molecule has 1 unspecified atom stereocenters. The standard InChI is InChI=1S/C13H14ClNO/c1-2-9-7-10(3-4-11(9)15)13(5-6-13)12(14)8-16/h2-4,7-8,12H,1,5-6,15H2. The molecule has 0 spiro atoms.